The van der Waals surface area contributed by atoms with E-state index in [4.69, 9.17) is 5.11 Å². The van der Waals surface area contributed by atoms with E-state index in [9.17, 15) is 14.7 Å². The lowest BCUT2D eigenvalue weighted by molar-refractivity contribution is -0.144. The number of aliphatic carboxylic acids is 2. The van der Waals surface area contributed by atoms with Crippen molar-refractivity contribution in [1.29, 1.82) is 0 Å². The molecule has 0 fully saturated rings. The van der Waals surface area contributed by atoms with Crippen LogP contribution in [0.4, 0.5) is 0 Å². The molecule has 142 valence electrons. The second-order valence-corrected chi connectivity index (χ2v) is 7.22. The summed E-state index contributed by atoms with van der Waals surface area (Å²) in [5, 5.41) is 18.1. The summed E-state index contributed by atoms with van der Waals surface area (Å²) in [5.74, 6) is -1.19. The smallest absolute Gasteiger partial charge is 0.327 e. The molecule has 0 bridgehead atoms. The SMILES string of the molecule is CCCCCCC1C=CC(CCCCC/C=C/C(=O)O)CC1C(=O)O. The van der Waals surface area contributed by atoms with Crippen molar-refractivity contribution >= 4 is 11.9 Å². The van der Waals surface area contributed by atoms with Gasteiger partial charge in [-0.2, -0.15) is 0 Å². The Morgan fingerprint density at radius 3 is 2.40 bits per heavy atom. The highest BCUT2D eigenvalue weighted by Gasteiger charge is 2.31. The molecule has 3 unspecified atom stereocenters. The van der Waals surface area contributed by atoms with Crippen molar-refractivity contribution in [2.45, 2.75) is 77.6 Å². The first-order valence-electron chi connectivity index (χ1n) is 9.85. The molecule has 0 saturated heterocycles. The van der Waals surface area contributed by atoms with Crippen molar-refractivity contribution in [3.63, 3.8) is 0 Å². The molecule has 4 nitrogen and oxygen atoms in total. The molecule has 0 aromatic heterocycles. The van der Waals surface area contributed by atoms with Crippen molar-refractivity contribution in [3.05, 3.63) is 24.3 Å². The zero-order chi connectivity index (χ0) is 18.5. The number of rotatable bonds is 13. The number of hydrogen-bond donors (Lipinski definition) is 2. The molecule has 2 N–H and O–H groups in total. The highest BCUT2D eigenvalue weighted by Crippen LogP contribution is 2.34. The van der Waals surface area contributed by atoms with Gasteiger partial charge in [0, 0.05) is 6.08 Å². The van der Waals surface area contributed by atoms with Crippen LogP contribution in [0.3, 0.4) is 0 Å². The van der Waals surface area contributed by atoms with E-state index in [1.807, 2.05) is 0 Å². The van der Waals surface area contributed by atoms with E-state index < -0.39 is 11.9 Å². The van der Waals surface area contributed by atoms with Crippen molar-refractivity contribution < 1.29 is 19.8 Å². The molecule has 0 saturated carbocycles. The molecule has 0 heterocycles. The Bertz CT molecular complexity index is 453. The number of unbranched alkanes of at least 4 members (excludes halogenated alkanes) is 6. The third kappa shape index (κ3) is 9.47. The van der Waals surface area contributed by atoms with Crippen LogP contribution in [0, 0.1) is 17.8 Å². The lowest BCUT2D eigenvalue weighted by Crippen LogP contribution is -2.28. The predicted molar refractivity (Wildman–Crippen MR) is 100 cm³/mol. The zero-order valence-electron chi connectivity index (χ0n) is 15.5. The third-order valence-electron chi connectivity index (χ3n) is 5.12. The Balaban J connectivity index is 2.30. The molecule has 3 atom stereocenters. The van der Waals surface area contributed by atoms with Gasteiger partial charge in [-0.25, -0.2) is 4.79 Å². The van der Waals surface area contributed by atoms with Crippen LogP contribution in [-0.2, 0) is 9.59 Å². The van der Waals surface area contributed by atoms with Crippen LogP contribution in [0.1, 0.15) is 77.6 Å². The summed E-state index contributed by atoms with van der Waals surface area (Å²) in [7, 11) is 0. The van der Waals surface area contributed by atoms with Crippen LogP contribution >= 0.6 is 0 Å². The summed E-state index contributed by atoms with van der Waals surface area (Å²) in [4.78, 5) is 22.0. The standard InChI is InChI=1S/C21H34O4/c1-2-3-4-9-12-18-15-14-17(16-19(18)21(24)25)11-8-6-5-7-10-13-20(22)23/h10,13-15,17-19H,2-9,11-12,16H2,1H3,(H,22,23)(H,24,25)/b13-10+. The van der Waals surface area contributed by atoms with E-state index in [1.165, 1.54) is 25.3 Å². The summed E-state index contributed by atoms with van der Waals surface area (Å²) < 4.78 is 0. The molecule has 1 aliphatic carbocycles. The van der Waals surface area contributed by atoms with Crippen LogP contribution in [0.25, 0.3) is 0 Å². The van der Waals surface area contributed by atoms with E-state index in [0.717, 1.165) is 51.4 Å². The maximum Gasteiger partial charge on any atom is 0.327 e. The minimum atomic E-state index is -0.892. The van der Waals surface area contributed by atoms with Gasteiger partial charge >= 0.3 is 11.9 Å². The number of hydrogen-bond acceptors (Lipinski definition) is 2. The van der Waals surface area contributed by atoms with Gasteiger partial charge < -0.3 is 10.2 Å². The Kier molecular flexibility index (Phi) is 10.9. The van der Waals surface area contributed by atoms with Crippen molar-refractivity contribution in [2.75, 3.05) is 0 Å². The number of carboxylic acids is 2. The molecule has 25 heavy (non-hydrogen) atoms. The van der Waals surface area contributed by atoms with Gasteiger partial charge in [0.2, 0.25) is 0 Å². The first-order chi connectivity index (χ1) is 12.0. The van der Waals surface area contributed by atoms with Crippen LogP contribution in [0.2, 0.25) is 0 Å². The van der Waals surface area contributed by atoms with Crippen LogP contribution in [-0.4, -0.2) is 22.2 Å². The molecule has 0 radical (unpaired) electrons. The van der Waals surface area contributed by atoms with E-state index in [1.54, 1.807) is 6.08 Å². The van der Waals surface area contributed by atoms with Gasteiger partial charge in [0.05, 0.1) is 5.92 Å². The summed E-state index contributed by atoms with van der Waals surface area (Å²) in [6, 6.07) is 0. The fourth-order valence-corrected chi connectivity index (χ4v) is 3.65. The van der Waals surface area contributed by atoms with Crippen molar-refractivity contribution in [3.8, 4) is 0 Å². The van der Waals surface area contributed by atoms with E-state index in [-0.39, 0.29) is 11.8 Å². The zero-order valence-corrected chi connectivity index (χ0v) is 15.5. The quantitative estimate of drug-likeness (QED) is 0.263. The van der Waals surface area contributed by atoms with Gasteiger partial charge in [-0.3, -0.25) is 4.79 Å². The topological polar surface area (TPSA) is 74.6 Å². The van der Waals surface area contributed by atoms with Crippen LogP contribution in [0.5, 0.6) is 0 Å². The minimum Gasteiger partial charge on any atom is -0.481 e. The Morgan fingerprint density at radius 2 is 1.72 bits per heavy atom. The second-order valence-electron chi connectivity index (χ2n) is 7.22. The average molecular weight is 350 g/mol. The predicted octanol–water partition coefficient (Wildman–Crippen LogP) is 5.44. The lowest BCUT2D eigenvalue weighted by atomic mass is 9.75. The Labute approximate surface area is 152 Å². The van der Waals surface area contributed by atoms with E-state index in [0.29, 0.717) is 5.92 Å². The number of carboxylic acid groups (broad SMARTS) is 2. The van der Waals surface area contributed by atoms with Crippen LogP contribution < -0.4 is 0 Å². The maximum atomic E-state index is 11.6. The second kappa shape index (κ2) is 12.7. The largest absolute Gasteiger partial charge is 0.481 e. The highest BCUT2D eigenvalue weighted by atomic mass is 16.4. The lowest BCUT2D eigenvalue weighted by Gasteiger charge is -2.29. The molecule has 0 aliphatic heterocycles. The minimum absolute atomic E-state index is 0.201. The molecule has 0 aromatic carbocycles. The van der Waals surface area contributed by atoms with Gasteiger partial charge in [0.15, 0.2) is 0 Å². The van der Waals surface area contributed by atoms with Crippen molar-refractivity contribution in [2.24, 2.45) is 17.8 Å². The average Bonchev–Trinajstić information content (AvgIpc) is 2.58. The van der Waals surface area contributed by atoms with E-state index in [2.05, 4.69) is 19.1 Å². The first-order valence-corrected chi connectivity index (χ1v) is 9.85. The molecular weight excluding hydrogens is 316 g/mol. The highest BCUT2D eigenvalue weighted by molar-refractivity contribution is 5.79. The molecule has 0 aromatic rings. The summed E-state index contributed by atoms with van der Waals surface area (Å²) in [6.45, 7) is 2.19. The van der Waals surface area contributed by atoms with Gasteiger partial charge in [-0.15, -0.1) is 0 Å². The number of carbonyl (C=O) groups is 2. The molecule has 1 rings (SSSR count). The molecule has 0 spiro atoms. The van der Waals surface area contributed by atoms with Gasteiger partial charge in [-0.1, -0.05) is 63.7 Å². The maximum absolute atomic E-state index is 11.6. The molecule has 1 aliphatic rings. The molecule has 0 amide bonds. The Hall–Kier alpha value is -1.58. The van der Waals surface area contributed by atoms with Gasteiger partial charge in [0.25, 0.3) is 0 Å². The fourth-order valence-electron chi connectivity index (χ4n) is 3.65. The van der Waals surface area contributed by atoms with Crippen molar-refractivity contribution in [1.82, 2.24) is 0 Å². The molecule has 4 heteroatoms. The summed E-state index contributed by atoms with van der Waals surface area (Å²) in [6.07, 6.45) is 18.8. The Morgan fingerprint density at radius 1 is 1.00 bits per heavy atom. The fraction of sp³-hybridized carbons (Fsp3) is 0.714. The molecular formula is C21H34O4. The first kappa shape index (κ1) is 21.5. The van der Waals surface area contributed by atoms with Crippen LogP contribution in [0.15, 0.2) is 24.3 Å². The summed E-state index contributed by atoms with van der Waals surface area (Å²) >= 11 is 0. The van der Waals surface area contributed by atoms with Gasteiger partial charge in [0.1, 0.15) is 0 Å². The summed E-state index contributed by atoms with van der Waals surface area (Å²) in [5.41, 5.74) is 0. The van der Waals surface area contributed by atoms with E-state index >= 15 is 0 Å². The number of allylic oxidation sites excluding steroid dienone is 3. The normalized spacial score (nSPS) is 23.2. The monoisotopic (exact) mass is 350 g/mol. The van der Waals surface area contributed by atoms with Gasteiger partial charge in [-0.05, 0) is 43.9 Å². The third-order valence-corrected chi connectivity index (χ3v) is 5.12.